The Morgan fingerprint density at radius 2 is 1.84 bits per heavy atom. The summed E-state index contributed by atoms with van der Waals surface area (Å²) >= 11 is 0. The van der Waals surface area contributed by atoms with Crippen molar-refractivity contribution >= 4 is 0 Å². The molecule has 0 radical (unpaired) electrons. The van der Waals surface area contributed by atoms with Crippen molar-refractivity contribution in [2.75, 3.05) is 6.54 Å². The van der Waals surface area contributed by atoms with Crippen LogP contribution in [0.1, 0.15) is 41.5 Å². The maximum absolute atomic E-state index is 10.1. The number of aliphatic hydroxyl groups excluding tert-OH is 1. The van der Waals surface area contributed by atoms with E-state index in [9.17, 15) is 5.11 Å². The molecule has 0 aliphatic carbocycles. The third-order valence-corrected chi connectivity index (χ3v) is 3.37. The molecule has 1 heterocycles. The Morgan fingerprint density at radius 1 is 1.16 bits per heavy atom. The average molecular weight is 259 g/mol. The number of aliphatic hydroxyl groups is 1. The molecule has 0 aliphatic rings. The Morgan fingerprint density at radius 3 is 2.42 bits per heavy atom. The van der Waals surface area contributed by atoms with E-state index in [1.165, 1.54) is 5.56 Å². The molecular weight excluding hydrogens is 238 g/mol. The molecule has 102 valence electrons. The molecule has 0 spiro atoms. The first-order chi connectivity index (χ1) is 9.08. The second kappa shape index (κ2) is 6.04. The third-order valence-electron chi connectivity index (χ3n) is 3.37. The Labute approximate surface area is 114 Å². The first-order valence-corrected chi connectivity index (χ1v) is 6.60. The zero-order valence-electron chi connectivity index (χ0n) is 11.7. The highest BCUT2D eigenvalue weighted by Crippen LogP contribution is 2.19. The first-order valence-electron chi connectivity index (χ1n) is 6.60. The summed E-state index contributed by atoms with van der Waals surface area (Å²) in [6.45, 7) is 6.60. The lowest BCUT2D eigenvalue weighted by atomic mass is 10.1. The summed E-state index contributed by atoms with van der Waals surface area (Å²) in [4.78, 5) is 0. The fourth-order valence-corrected chi connectivity index (χ4v) is 2.12. The van der Waals surface area contributed by atoms with Crippen molar-refractivity contribution in [1.82, 2.24) is 5.32 Å². The van der Waals surface area contributed by atoms with Gasteiger partial charge in [-0.05, 0) is 38.0 Å². The molecule has 1 aromatic carbocycles. The van der Waals surface area contributed by atoms with Crippen LogP contribution in [0.3, 0.4) is 0 Å². The van der Waals surface area contributed by atoms with Gasteiger partial charge in [0.05, 0.1) is 18.4 Å². The van der Waals surface area contributed by atoms with Gasteiger partial charge >= 0.3 is 0 Å². The molecule has 2 atom stereocenters. The lowest BCUT2D eigenvalue weighted by Crippen LogP contribution is -2.24. The number of rotatable bonds is 5. The summed E-state index contributed by atoms with van der Waals surface area (Å²) in [5, 5.41) is 13.4. The molecule has 2 aromatic rings. The minimum atomic E-state index is -0.502. The molecule has 19 heavy (non-hydrogen) atoms. The predicted molar refractivity (Wildman–Crippen MR) is 76.0 cm³/mol. The largest absolute Gasteiger partial charge is 0.467 e. The van der Waals surface area contributed by atoms with E-state index >= 15 is 0 Å². The van der Waals surface area contributed by atoms with E-state index in [1.807, 2.05) is 51.1 Å². The van der Waals surface area contributed by atoms with Crippen molar-refractivity contribution in [3.8, 4) is 0 Å². The highest BCUT2D eigenvalue weighted by atomic mass is 16.3. The van der Waals surface area contributed by atoms with Crippen molar-refractivity contribution in [1.29, 1.82) is 0 Å². The van der Waals surface area contributed by atoms with Crippen molar-refractivity contribution < 1.29 is 9.52 Å². The number of nitrogens with one attached hydrogen (secondary N) is 1. The zero-order chi connectivity index (χ0) is 13.8. The summed E-state index contributed by atoms with van der Waals surface area (Å²) in [6.07, 6.45) is 1.19. The molecule has 0 saturated heterocycles. The van der Waals surface area contributed by atoms with E-state index in [2.05, 4.69) is 5.32 Å². The van der Waals surface area contributed by atoms with Gasteiger partial charge in [0, 0.05) is 6.54 Å². The topological polar surface area (TPSA) is 45.4 Å². The van der Waals surface area contributed by atoms with Crippen LogP contribution in [-0.2, 0) is 0 Å². The van der Waals surface area contributed by atoms with Gasteiger partial charge in [-0.1, -0.05) is 29.8 Å². The summed E-state index contributed by atoms with van der Waals surface area (Å²) in [7, 11) is 0. The van der Waals surface area contributed by atoms with Gasteiger partial charge in [0.2, 0.25) is 0 Å². The molecule has 2 rings (SSSR count). The van der Waals surface area contributed by atoms with Gasteiger partial charge in [-0.25, -0.2) is 0 Å². The van der Waals surface area contributed by atoms with Crippen LogP contribution in [0, 0.1) is 13.8 Å². The fraction of sp³-hybridized carbons (Fsp3) is 0.375. The minimum absolute atomic E-state index is 0.0927. The van der Waals surface area contributed by atoms with E-state index in [-0.39, 0.29) is 6.04 Å². The zero-order valence-corrected chi connectivity index (χ0v) is 11.7. The fourth-order valence-electron chi connectivity index (χ4n) is 2.12. The van der Waals surface area contributed by atoms with Crippen molar-refractivity contribution in [3.05, 3.63) is 59.0 Å². The van der Waals surface area contributed by atoms with Gasteiger partial charge in [-0.2, -0.15) is 0 Å². The molecule has 2 N–H and O–H groups in total. The molecular formula is C16H21NO2. The standard InChI is InChI=1S/C16H21NO2/c1-11-4-6-14(7-5-11)15(18)10-17-13(3)16-12(2)8-9-19-16/h4-9,13,15,17-18H,10H2,1-3H3. The number of hydrogen-bond acceptors (Lipinski definition) is 3. The monoisotopic (exact) mass is 259 g/mol. The van der Waals surface area contributed by atoms with Gasteiger partial charge in [0.1, 0.15) is 5.76 Å². The SMILES string of the molecule is Cc1ccc(C(O)CNC(C)c2occc2C)cc1. The summed E-state index contributed by atoms with van der Waals surface area (Å²) in [5.41, 5.74) is 3.26. The van der Waals surface area contributed by atoms with E-state index < -0.39 is 6.10 Å². The smallest absolute Gasteiger partial charge is 0.123 e. The highest BCUT2D eigenvalue weighted by Gasteiger charge is 2.14. The predicted octanol–water partition coefficient (Wildman–Crippen LogP) is 3.28. The highest BCUT2D eigenvalue weighted by molar-refractivity contribution is 5.23. The molecule has 1 aromatic heterocycles. The van der Waals surface area contributed by atoms with Crippen LogP contribution in [0.15, 0.2) is 41.0 Å². The third kappa shape index (κ3) is 3.46. The maximum atomic E-state index is 10.1. The summed E-state index contributed by atoms with van der Waals surface area (Å²) in [5.74, 6) is 0.927. The molecule has 0 fully saturated rings. The molecule has 0 amide bonds. The Bertz CT molecular complexity index is 516. The van der Waals surface area contributed by atoms with Gasteiger partial charge in [0.25, 0.3) is 0 Å². The Hall–Kier alpha value is -1.58. The van der Waals surface area contributed by atoms with Crippen LogP contribution < -0.4 is 5.32 Å². The number of hydrogen-bond donors (Lipinski definition) is 2. The molecule has 0 saturated carbocycles. The van der Waals surface area contributed by atoms with Crippen LogP contribution in [0.4, 0.5) is 0 Å². The average Bonchev–Trinajstić information content (AvgIpc) is 2.83. The molecule has 3 nitrogen and oxygen atoms in total. The second-order valence-electron chi connectivity index (χ2n) is 5.02. The van der Waals surface area contributed by atoms with E-state index in [4.69, 9.17) is 4.42 Å². The normalized spacial score (nSPS) is 14.3. The van der Waals surface area contributed by atoms with E-state index in [1.54, 1.807) is 6.26 Å². The second-order valence-corrected chi connectivity index (χ2v) is 5.02. The lowest BCUT2D eigenvalue weighted by molar-refractivity contribution is 0.169. The minimum Gasteiger partial charge on any atom is -0.467 e. The lowest BCUT2D eigenvalue weighted by Gasteiger charge is -2.16. The van der Waals surface area contributed by atoms with Crippen molar-refractivity contribution in [3.63, 3.8) is 0 Å². The molecule has 3 heteroatoms. The van der Waals surface area contributed by atoms with Crippen molar-refractivity contribution in [2.24, 2.45) is 0 Å². The number of benzene rings is 1. The number of furan rings is 1. The van der Waals surface area contributed by atoms with Crippen LogP contribution in [0.2, 0.25) is 0 Å². The van der Waals surface area contributed by atoms with Crippen LogP contribution in [-0.4, -0.2) is 11.7 Å². The van der Waals surface area contributed by atoms with Crippen LogP contribution in [0.5, 0.6) is 0 Å². The van der Waals surface area contributed by atoms with Gasteiger partial charge in [0.15, 0.2) is 0 Å². The van der Waals surface area contributed by atoms with Crippen LogP contribution in [0.25, 0.3) is 0 Å². The maximum Gasteiger partial charge on any atom is 0.123 e. The van der Waals surface area contributed by atoms with E-state index in [0.29, 0.717) is 6.54 Å². The first kappa shape index (κ1) is 13.8. The quantitative estimate of drug-likeness (QED) is 0.866. The summed E-state index contributed by atoms with van der Waals surface area (Å²) in [6, 6.07) is 9.99. The molecule has 0 aliphatic heterocycles. The number of aryl methyl sites for hydroxylation is 2. The Kier molecular flexibility index (Phi) is 4.40. The molecule has 0 bridgehead atoms. The Balaban J connectivity index is 1.91. The van der Waals surface area contributed by atoms with Gasteiger partial charge in [-0.3, -0.25) is 0 Å². The van der Waals surface area contributed by atoms with Gasteiger partial charge in [-0.15, -0.1) is 0 Å². The molecule has 2 unspecified atom stereocenters. The summed E-state index contributed by atoms with van der Waals surface area (Å²) < 4.78 is 5.44. The van der Waals surface area contributed by atoms with Gasteiger partial charge < -0.3 is 14.8 Å². The van der Waals surface area contributed by atoms with Crippen molar-refractivity contribution in [2.45, 2.75) is 32.9 Å². The van der Waals surface area contributed by atoms with Crippen LogP contribution >= 0.6 is 0 Å². The van der Waals surface area contributed by atoms with E-state index in [0.717, 1.165) is 16.9 Å².